The Morgan fingerprint density at radius 2 is 2.04 bits per heavy atom. The van der Waals surface area contributed by atoms with Crippen LogP contribution >= 0.6 is 0 Å². The molecule has 1 atom stereocenters. The Labute approximate surface area is 133 Å². The summed E-state index contributed by atoms with van der Waals surface area (Å²) in [5.41, 5.74) is 3.26. The Balaban J connectivity index is 2.17. The first-order chi connectivity index (χ1) is 10.9. The number of nitrogens with zero attached hydrogens (tertiary/aromatic N) is 2. The number of aliphatic carboxylic acids is 1. The first kappa shape index (κ1) is 15.3. The Morgan fingerprint density at radius 3 is 2.70 bits per heavy atom. The number of hydrogen-bond donors (Lipinski definition) is 2. The van der Waals surface area contributed by atoms with Crippen molar-refractivity contribution < 1.29 is 19.9 Å². The van der Waals surface area contributed by atoms with Gasteiger partial charge in [-0.1, -0.05) is 12.1 Å². The van der Waals surface area contributed by atoms with Crippen LogP contribution in [0.4, 0.5) is 5.69 Å². The molecule has 0 saturated carbocycles. The number of allylic oxidation sites excluding steroid dienone is 2. The number of fused-ring (bicyclic) bond motifs is 2. The lowest BCUT2D eigenvalue weighted by Gasteiger charge is -2.30. The van der Waals surface area contributed by atoms with Crippen molar-refractivity contribution in [3.8, 4) is 0 Å². The lowest BCUT2D eigenvalue weighted by molar-refractivity contribution is -0.151. The van der Waals surface area contributed by atoms with Crippen LogP contribution in [0.15, 0.2) is 35.9 Å². The zero-order chi connectivity index (χ0) is 16.7. The van der Waals surface area contributed by atoms with Gasteiger partial charge < -0.3 is 10.0 Å². The summed E-state index contributed by atoms with van der Waals surface area (Å²) in [5.74, 6) is -1.26. The summed E-state index contributed by atoms with van der Waals surface area (Å²) < 4.78 is 0. The van der Waals surface area contributed by atoms with E-state index in [1.54, 1.807) is 0 Å². The summed E-state index contributed by atoms with van der Waals surface area (Å²) in [4.78, 5) is 25.6. The van der Waals surface area contributed by atoms with Gasteiger partial charge in [0, 0.05) is 37.3 Å². The van der Waals surface area contributed by atoms with E-state index in [1.165, 1.54) is 12.2 Å². The number of carbonyl (C=O) groups excluding carboxylic acids is 1. The molecule has 1 heterocycles. The van der Waals surface area contributed by atoms with Gasteiger partial charge >= 0.3 is 5.97 Å². The third-order valence-electron chi connectivity index (χ3n) is 4.23. The van der Waals surface area contributed by atoms with Gasteiger partial charge in [-0.25, -0.2) is 9.86 Å². The molecule has 1 aliphatic heterocycles. The van der Waals surface area contributed by atoms with Gasteiger partial charge in [0.15, 0.2) is 11.8 Å². The standard InChI is InChI=1S/C17H18N2O4/c1-18(2)11-4-5-12-10(9-11)3-8-15(20)13-6-7-14(17(21)22)19(23)16(12)13/h4-7,9,14,23H,3,8H2,1-2H3,(H,21,22). The van der Waals surface area contributed by atoms with Crippen molar-refractivity contribution in [2.75, 3.05) is 19.0 Å². The highest BCUT2D eigenvalue weighted by Gasteiger charge is 2.34. The lowest BCUT2D eigenvalue weighted by atomic mass is 9.97. The van der Waals surface area contributed by atoms with E-state index < -0.39 is 12.0 Å². The molecule has 0 saturated heterocycles. The average molecular weight is 314 g/mol. The van der Waals surface area contributed by atoms with E-state index in [-0.39, 0.29) is 11.5 Å². The Hall–Kier alpha value is -2.60. The molecule has 0 amide bonds. The van der Waals surface area contributed by atoms with Crippen molar-refractivity contribution in [2.45, 2.75) is 18.9 Å². The molecule has 2 N–H and O–H groups in total. The molecule has 6 heteroatoms. The highest BCUT2D eigenvalue weighted by atomic mass is 16.5. The number of ketones is 1. The number of carboxylic acid groups (broad SMARTS) is 1. The molecule has 1 unspecified atom stereocenters. The van der Waals surface area contributed by atoms with Gasteiger partial charge in [0.05, 0.1) is 5.70 Å². The van der Waals surface area contributed by atoms with Gasteiger partial charge in [-0.15, -0.1) is 0 Å². The van der Waals surface area contributed by atoms with Gasteiger partial charge in [-0.2, -0.15) is 0 Å². The van der Waals surface area contributed by atoms with Crippen LogP contribution in [-0.2, 0) is 16.0 Å². The second-order valence-electron chi connectivity index (χ2n) is 5.91. The topological polar surface area (TPSA) is 81.1 Å². The molecule has 23 heavy (non-hydrogen) atoms. The molecule has 0 spiro atoms. The van der Waals surface area contributed by atoms with Crippen LogP contribution in [0.3, 0.4) is 0 Å². The van der Waals surface area contributed by atoms with Crippen molar-refractivity contribution >= 4 is 23.1 Å². The van der Waals surface area contributed by atoms with Crippen molar-refractivity contribution in [1.29, 1.82) is 0 Å². The van der Waals surface area contributed by atoms with Gasteiger partial charge in [-0.3, -0.25) is 10.0 Å². The number of anilines is 1. The molecule has 2 aliphatic rings. The first-order valence-corrected chi connectivity index (χ1v) is 7.37. The van der Waals surface area contributed by atoms with Crippen LogP contribution in [0.25, 0.3) is 5.70 Å². The van der Waals surface area contributed by atoms with Crippen molar-refractivity contribution in [3.63, 3.8) is 0 Å². The Bertz CT molecular complexity index is 749. The quantitative estimate of drug-likeness (QED) is 0.864. The van der Waals surface area contributed by atoms with E-state index in [9.17, 15) is 19.9 Å². The van der Waals surface area contributed by atoms with Crippen molar-refractivity contribution in [1.82, 2.24) is 5.06 Å². The number of hydrogen-bond acceptors (Lipinski definition) is 5. The summed E-state index contributed by atoms with van der Waals surface area (Å²) in [5, 5.41) is 20.3. The van der Waals surface area contributed by atoms with Gasteiger partial charge in [0.25, 0.3) is 0 Å². The van der Waals surface area contributed by atoms with E-state index in [0.29, 0.717) is 29.0 Å². The zero-order valence-electron chi connectivity index (χ0n) is 13.0. The van der Waals surface area contributed by atoms with Gasteiger partial charge in [-0.05, 0) is 30.2 Å². The van der Waals surface area contributed by atoms with Crippen LogP contribution in [0.2, 0.25) is 0 Å². The minimum absolute atomic E-state index is 0.0956. The van der Waals surface area contributed by atoms with Crippen molar-refractivity contribution in [2.24, 2.45) is 0 Å². The van der Waals surface area contributed by atoms with E-state index in [4.69, 9.17) is 0 Å². The molecule has 0 aromatic heterocycles. The number of hydroxylamine groups is 2. The third kappa shape index (κ3) is 2.51. The largest absolute Gasteiger partial charge is 0.479 e. The van der Waals surface area contributed by atoms with Crippen LogP contribution in [-0.4, -0.2) is 47.3 Å². The Kier molecular flexibility index (Phi) is 3.69. The molecule has 0 radical (unpaired) electrons. The predicted molar refractivity (Wildman–Crippen MR) is 85.2 cm³/mol. The number of aryl methyl sites for hydroxylation is 1. The summed E-state index contributed by atoms with van der Waals surface area (Å²) in [6.45, 7) is 0. The number of benzene rings is 1. The molecule has 6 nitrogen and oxygen atoms in total. The molecule has 3 rings (SSSR count). The zero-order valence-corrected chi connectivity index (χ0v) is 13.0. The normalized spacial score (nSPS) is 20.0. The Morgan fingerprint density at radius 1 is 1.30 bits per heavy atom. The molecule has 0 fully saturated rings. The molecular weight excluding hydrogens is 296 g/mol. The predicted octanol–water partition coefficient (Wildman–Crippen LogP) is 1.69. The SMILES string of the molecule is CN(C)c1ccc2c(c1)CCC(=O)C1=C2N(O)C(C(=O)O)C=C1. The second-order valence-corrected chi connectivity index (χ2v) is 5.91. The smallest absolute Gasteiger partial charge is 0.332 e. The van der Waals surface area contributed by atoms with Crippen LogP contribution in [0, 0.1) is 0 Å². The van der Waals surface area contributed by atoms with E-state index in [1.807, 2.05) is 37.2 Å². The summed E-state index contributed by atoms with van der Waals surface area (Å²) in [6, 6.07) is 4.50. The minimum atomic E-state index is -1.19. The highest BCUT2D eigenvalue weighted by molar-refractivity contribution is 6.07. The van der Waals surface area contributed by atoms with E-state index in [2.05, 4.69) is 0 Å². The van der Waals surface area contributed by atoms with Crippen LogP contribution in [0.5, 0.6) is 0 Å². The fourth-order valence-electron chi connectivity index (χ4n) is 2.97. The summed E-state index contributed by atoms with van der Waals surface area (Å²) in [6.07, 6.45) is 3.73. The van der Waals surface area contributed by atoms with E-state index >= 15 is 0 Å². The third-order valence-corrected chi connectivity index (χ3v) is 4.23. The average Bonchev–Trinajstić information content (AvgIpc) is 2.65. The fourth-order valence-corrected chi connectivity index (χ4v) is 2.97. The van der Waals surface area contributed by atoms with Gasteiger partial charge in [0.2, 0.25) is 0 Å². The maximum atomic E-state index is 12.4. The number of carbonyl (C=O) groups is 2. The molecule has 120 valence electrons. The minimum Gasteiger partial charge on any atom is -0.479 e. The maximum Gasteiger partial charge on any atom is 0.332 e. The molecule has 0 bridgehead atoms. The molecule has 1 aromatic rings. The van der Waals surface area contributed by atoms with Crippen LogP contribution in [0.1, 0.15) is 17.5 Å². The van der Waals surface area contributed by atoms with Gasteiger partial charge in [0.1, 0.15) is 0 Å². The monoisotopic (exact) mass is 314 g/mol. The lowest BCUT2D eigenvalue weighted by Crippen LogP contribution is -2.39. The summed E-state index contributed by atoms with van der Waals surface area (Å²) >= 11 is 0. The molecule has 1 aliphatic carbocycles. The van der Waals surface area contributed by atoms with E-state index in [0.717, 1.165) is 11.3 Å². The summed E-state index contributed by atoms with van der Waals surface area (Å²) in [7, 11) is 3.85. The first-order valence-electron chi connectivity index (χ1n) is 7.37. The molecule has 1 aromatic carbocycles. The number of Topliss-reactive ketones (excluding diaryl/α,β-unsaturated/α-hetero) is 1. The van der Waals surface area contributed by atoms with Crippen molar-refractivity contribution in [3.05, 3.63) is 47.1 Å². The number of carboxylic acids is 1. The fraction of sp³-hybridized carbons (Fsp3) is 0.294. The number of rotatable bonds is 2. The van der Waals surface area contributed by atoms with Crippen LogP contribution < -0.4 is 4.90 Å². The highest BCUT2D eigenvalue weighted by Crippen LogP contribution is 2.36. The maximum absolute atomic E-state index is 12.4. The molecular formula is C17H18N2O4. The second kappa shape index (κ2) is 5.55.